The van der Waals surface area contributed by atoms with Crippen LogP contribution >= 0.6 is 11.8 Å². The summed E-state index contributed by atoms with van der Waals surface area (Å²) < 4.78 is 11.4. The Bertz CT molecular complexity index is 746. The van der Waals surface area contributed by atoms with Crippen molar-refractivity contribution in [2.45, 2.75) is 44.6 Å². The zero-order valence-electron chi connectivity index (χ0n) is 15.8. The van der Waals surface area contributed by atoms with E-state index in [9.17, 15) is 4.79 Å². The number of esters is 1. The molecule has 0 unspecified atom stereocenters. The molecule has 7 heteroatoms. The number of hydrogen-bond acceptors (Lipinski definition) is 7. The molecule has 1 heterocycles. The van der Waals surface area contributed by atoms with Crippen LogP contribution in [0.1, 0.15) is 31.9 Å². The third-order valence-corrected chi connectivity index (χ3v) is 3.88. The summed E-state index contributed by atoms with van der Waals surface area (Å²) in [5.41, 5.74) is 1.06. The smallest absolute Gasteiger partial charge is 0.311 e. The number of benzene rings is 1. The maximum absolute atomic E-state index is 12.3. The predicted octanol–water partition coefficient (Wildman–Crippen LogP) is 3.70. The van der Waals surface area contributed by atoms with Gasteiger partial charge in [0.15, 0.2) is 5.16 Å². The van der Waals surface area contributed by atoms with Crippen LogP contribution in [0, 0.1) is 0 Å². The Morgan fingerprint density at radius 1 is 1.19 bits per heavy atom. The average molecular weight is 375 g/mol. The Balaban J connectivity index is 2.29. The van der Waals surface area contributed by atoms with Crippen molar-refractivity contribution in [2.75, 3.05) is 18.6 Å². The van der Waals surface area contributed by atoms with Crippen LogP contribution in [0.15, 0.2) is 35.5 Å². The maximum Gasteiger partial charge on any atom is 0.311 e. The summed E-state index contributed by atoms with van der Waals surface area (Å²) in [4.78, 5) is 21.2. The Morgan fingerprint density at radius 2 is 1.88 bits per heavy atom. The highest BCUT2D eigenvalue weighted by atomic mass is 32.2. The van der Waals surface area contributed by atoms with Crippen LogP contribution in [0.5, 0.6) is 5.88 Å². The number of rotatable bonds is 7. The molecular formula is C19H25N3O3S. The Hall–Kier alpha value is -2.28. The third-order valence-electron chi connectivity index (χ3n) is 3.33. The molecule has 0 radical (unpaired) electrons. The van der Waals surface area contributed by atoms with Gasteiger partial charge in [-0.25, -0.2) is 4.98 Å². The first kappa shape index (κ1) is 20.0. The summed E-state index contributed by atoms with van der Waals surface area (Å²) in [5.74, 6) is 0.612. The van der Waals surface area contributed by atoms with Crippen molar-refractivity contribution in [3.63, 3.8) is 0 Å². The second-order valence-electron chi connectivity index (χ2n) is 6.63. The number of aromatic nitrogens is 2. The SMILES string of the molecule is CNc1nc(SC)nc(OCc2ccccc2)c1CC(=O)OC(C)(C)C. The zero-order valence-corrected chi connectivity index (χ0v) is 16.6. The number of carbonyl (C=O) groups is 1. The number of thioether (sulfide) groups is 1. The molecule has 2 aromatic rings. The largest absolute Gasteiger partial charge is 0.472 e. The molecule has 1 N–H and O–H groups in total. The average Bonchev–Trinajstić information content (AvgIpc) is 2.59. The second-order valence-corrected chi connectivity index (χ2v) is 7.40. The van der Waals surface area contributed by atoms with E-state index in [1.807, 2.05) is 57.4 Å². The van der Waals surface area contributed by atoms with E-state index in [4.69, 9.17) is 9.47 Å². The molecule has 0 aliphatic carbocycles. The summed E-state index contributed by atoms with van der Waals surface area (Å²) >= 11 is 1.41. The Kier molecular flexibility index (Phi) is 6.85. The van der Waals surface area contributed by atoms with E-state index in [1.165, 1.54) is 11.8 Å². The van der Waals surface area contributed by atoms with Gasteiger partial charge < -0.3 is 14.8 Å². The molecule has 6 nitrogen and oxygen atoms in total. The van der Waals surface area contributed by atoms with Gasteiger partial charge in [-0.05, 0) is 32.6 Å². The van der Waals surface area contributed by atoms with Crippen LogP contribution in [-0.4, -0.2) is 34.8 Å². The minimum Gasteiger partial charge on any atom is -0.472 e. The fourth-order valence-corrected chi connectivity index (χ4v) is 2.63. The number of nitrogens with one attached hydrogen (secondary N) is 1. The van der Waals surface area contributed by atoms with Crippen molar-refractivity contribution in [1.82, 2.24) is 9.97 Å². The lowest BCUT2D eigenvalue weighted by atomic mass is 10.1. The number of anilines is 1. The normalized spacial score (nSPS) is 11.1. The number of carbonyl (C=O) groups excluding carboxylic acids is 1. The molecule has 1 aromatic carbocycles. The van der Waals surface area contributed by atoms with Gasteiger partial charge in [-0.3, -0.25) is 4.79 Å². The lowest BCUT2D eigenvalue weighted by molar-refractivity contribution is -0.153. The van der Waals surface area contributed by atoms with Crippen LogP contribution < -0.4 is 10.1 Å². The van der Waals surface area contributed by atoms with Gasteiger partial charge in [0.05, 0.1) is 12.0 Å². The molecule has 0 amide bonds. The van der Waals surface area contributed by atoms with Gasteiger partial charge in [-0.2, -0.15) is 4.98 Å². The van der Waals surface area contributed by atoms with E-state index in [1.54, 1.807) is 7.05 Å². The zero-order chi connectivity index (χ0) is 19.2. The van der Waals surface area contributed by atoms with Crippen LogP contribution in [-0.2, 0) is 22.6 Å². The summed E-state index contributed by atoms with van der Waals surface area (Å²) in [6.45, 7) is 5.87. The van der Waals surface area contributed by atoms with E-state index in [0.717, 1.165) is 5.56 Å². The van der Waals surface area contributed by atoms with Crippen molar-refractivity contribution in [1.29, 1.82) is 0 Å². The van der Waals surface area contributed by atoms with Gasteiger partial charge in [-0.15, -0.1) is 0 Å². The molecule has 0 fully saturated rings. The van der Waals surface area contributed by atoms with E-state index < -0.39 is 5.60 Å². The van der Waals surface area contributed by atoms with E-state index in [0.29, 0.717) is 29.0 Å². The lowest BCUT2D eigenvalue weighted by Gasteiger charge is -2.20. The van der Waals surface area contributed by atoms with Gasteiger partial charge in [0.1, 0.15) is 18.0 Å². The lowest BCUT2D eigenvalue weighted by Crippen LogP contribution is -2.25. The van der Waals surface area contributed by atoms with Gasteiger partial charge in [0.2, 0.25) is 5.88 Å². The first-order valence-corrected chi connectivity index (χ1v) is 9.56. The second kappa shape index (κ2) is 8.89. The quantitative estimate of drug-likeness (QED) is 0.449. The highest BCUT2D eigenvalue weighted by molar-refractivity contribution is 7.98. The fraction of sp³-hybridized carbons (Fsp3) is 0.421. The summed E-state index contributed by atoms with van der Waals surface area (Å²) in [5, 5.41) is 3.60. The Morgan fingerprint density at radius 3 is 2.46 bits per heavy atom. The molecule has 140 valence electrons. The molecule has 26 heavy (non-hydrogen) atoms. The molecule has 0 saturated heterocycles. The molecule has 0 aliphatic heterocycles. The van der Waals surface area contributed by atoms with Crippen LogP contribution in [0.3, 0.4) is 0 Å². The number of ether oxygens (including phenoxy) is 2. The minimum absolute atomic E-state index is 0.0340. The molecular weight excluding hydrogens is 350 g/mol. The van der Waals surface area contributed by atoms with Crippen molar-refractivity contribution >= 4 is 23.5 Å². The standard InChI is InChI=1S/C19H25N3O3S/c1-19(2,3)25-15(23)11-14-16(20-4)21-18(26-5)22-17(14)24-12-13-9-7-6-8-10-13/h6-10H,11-12H2,1-5H3,(H,20,21,22). The maximum atomic E-state index is 12.3. The predicted molar refractivity (Wildman–Crippen MR) is 104 cm³/mol. The number of nitrogens with zero attached hydrogens (tertiary/aromatic N) is 2. The molecule has 0 saturated carbocycles. The van der Waals surface area contributed by atoms with E-state index >= 15 is 0 Å². The topological polar surface area (TPSA) is 73.3 Å². The van der Waals surface area contributed by atoms with Gasteiger partial charge in [0, 0.05) is 7.05 Å². The first-order valence-electron chi connectivity index (χ1n) is 8.33. The third kappa shape index (κ3) is 5.91. The highest BCUT2D eigenvalue weighted by Gasteiger charge is 2.22. The van der Waals surface area contributed by atoms with Crippen LogP contribution in [0.25, 0.3) is 0 Å². The van der Waals surface area contributed by atoms with Crippen molar-refractivity contribution < 1.29 is 14.3 Å². The number of hydrogen-bond donors (Lipinski definition) is 1. The van der Waals surface area contributed by atoms with Crippen molar-refractivity contribution in [2.24, 2.45) is 0 Å². The van der Waals surface area contributed by atoms with E-state index in [-0.39, 0.29) is 12.4 Å². The molecule has 0 aliphatic rings. The van der Waals surface area contributed by atoms with Crippen LogP contribution in [0.2, 0.25) is 0 Å². The molecule has 2 rings (SSSR count). The van der Waals surface area contributed by atoms with Crippen LogP contribution in [0.4, 0.5) is 5.82 Å². The fourth-order valence-electron chi connectivity index (χ4n) is 2.27. The summed E-state index contributed by atoms with van der Waals surface area (Å²) in [6, 6.07) is 9.80. The molecule has 0 atom stereocenters. The van der Waals surface area contributed by atoms with Gasteiger partial charge >= 0.3 is 5.97 Å². The monoisotopic (exact) mass is 375 g/mol. The van der Waals surface area contributed by atoms with Gasteiger partial charge in [-0.1, -0.05) is 42.1 Å². The van der Waals surface area contributed by atoms with Crippen molar-refractivity contribution in [3.8, 4) is 5.88 Å². The molecule has 0 spiro atoms. The first-order chi connectivity index (χ1) is 12.3. The van der Waals surface area contributed by atoms with Crippen molar-refractivity contribution in [3.05, 3.63) is 41.5 Å². The summed E-state index contributed by atoms with van der Waals surface area (Å²) in [7, 11) is 1.76. The molecule has 0 bridgehead atoms. The molecule has 1 aromatic heterocycles. The summed E-state index contributed by atoms with van der Waals surface area (Å²) in [6.07, 6.45) is 1.93. The van der Waals surface area contributed by atoms with Gasteiger partial charge in [0.25, 0.3) is 0 Å². The highest BCUT2D eigenvalue weighted by Crippen LogP contribution is 2.28. The van der Waals surface area contributed by atoms with E-state index in [2.05, 4.69) is 15.3 Å². The Labute approximate surface area is 158 Å². The minimum atomic E-state index is -0.554.